The third-order valence-electron chi connectivity index (χ3n) is 3.98. The van der Waals surface area contributed by atoms with Crippen LogP contribution in [0, 0.1) is 13.8 Å². The number of nitrogens with two attached hydrogens (primary N) is 1. The van der Waals surface area contributed by atoms with E-state index in [1.807, 2.05) is 24.6 Å². The first-order chi connectivity index (χ1) is 13.4. The number of nitrogens with one attached hydrogen (secondary N) is 2. The SMILES string of the molecule is Cc1ccc(C)c(-n2ccnc2SCC(=O)Nc2cccc(NC(N)=O)c2)c1. The van der Waals surface area contributed by atoms with Crippen LogP contribution in [0.15, 0.2) is 60.0 Å². The van der Waals surface area contributed by atoms with Gasteiger partial charge in [0.05, 0.1) is 11.4 Å². The molecule has 0 saturated carbocycles. The molecule has 0 atom stereocenters. The molecule has 0 radical (unpaired) electrons. The van der Waals surface area contributed by atoms with Crippen LogP contribution in [0.3, 0.4) is 0 Å². The molecule has 4 N–H and O–H groups in total. The Hall–Kier alpha value is -3.26. The minimum Gasteiger partial charge on any atom is -0.351 e. The van der Waals surface area contributed by atoms with Gasteiger partial charge in [0.25, 0.3) is 0 Å². The maximum absolute atomic E-state index is 12.3. The smallest absolute Gasteiger partial charge is 0.316 e. The Morgan fingerprint density at radius 2 is 1.86 bits per heavy atom. The van der Waals surface area contributed by atoms with Gasteiger partial charge in [-0.25, -0.2) is 9.78 Å². The van der Waals surface area contributed by atoms with Gasteiger partial charge in [-0.1, -0.05) is 30.0 Å². The van der Waals surface area contributed by atoms with Crippen molar-refractivity contribution in [3.63, 3.8) is 0 Å². The summed E-state index contributed by atoms with van der Waals surface area (Å²) in [4.78, 5) is 27.6. The second kappa shape index (κ2) is 8.62. The molecule has 0 aliphatic heterocycles. The summed E-state index contributed by atoms with van der Waals surface area (Å²) >= 11 is 1.36. The minimum atomic E-state index is -0.655. The van der Waals surface area contributed by atoms with E-state index in [4.69, 9.17) is 5.73 Å². The molecule has 0 aliphatic rings. The highest BCUT2D eigenvalue weighted by molar-refractivity contribution is 7.99. The van der Waals surface area contributed by atoms with E-state index in [1.54, 1.807) is 30.5 Å². The van der Waals surface area contributed by atoms with Gasteiger partial charge in [0.15, 0.2) is 5.16 Å². The van der Waals surface area contributed by atoms with Gasteiger partial charge in [-0.05, 0) is 49.2 Å². The van der Waals surface area contributed by atoms with Crippen LogP contribution in [0.1, 0.15) is 11.1 Å². The third kappa shape index (κ3) is 4.92. The number of thioether (sulfide) groups is 1. The van der Waals surface area contributed by atoms with Crippen molar-refractivity contribution in [3.05, 3.63) is 66.0 Å². The molecular formula is C20H21N5O2S. The van der Waals surface area contributed by atoms with Gasteiger partial charge < -0.3 is 16.4 Å². The maximum atomic E-state index is 12.3. The molecule has 0 fully saturated rings. The summed E-state index contributed by atoms with van der Waals surface area (Å²) in [5.41, 5.74) is 9.54. The van der Waals surface area contributed by atoms with Crippen LogP contribution in [-0.4, -0.2) is 27.2 Å². The van der Waals surface area contributed by atoms with Crippen LogP contribution in [-0.2, 0) is 4.79 Å². The molecule has 1 aromatic heterocycles. The number of hydrogen-bond acceptors (Lipinski definition) is 4. The predicted molar refractivity (Wildman–Crippen MR) is 112 cm³/mol. The van der Waals surface area contributed by atoms with Gasteiger partial charge in [0, 0.05) is 23.8 Å². The number of aromatic nitrogens is 2. The lowest BCUT2D eigenvalue weighted by molar-refractivity contribution is -0.113. The van der Waals surface area contributed by atoms with Crippen LogP contribution >= 0.6 is 11.8 Å². The lowest BCUT2D eigenvalue weighted by atomic mass is 10.1. The molecule has 0 aliphatic carbocycles. The minimum absolute atomic E-state index is 0.170. The Morgan fingerprint density at radius 1 is 1.11 bits per heavy atom. The molecular weight excluding hydrogens is 374 g/mol. The van der Waals surface area contributed by atoms with Crippen molar-refractivity contribution in [1.82, 2.24) is 9.55 Å². The zero-order valence-electron chi connectivity index (χ0n) is 15.6. The quantitative estimate of drug-likeness (QED) is 0.554. The number of aryl methyl sites for hydroxylation is 2. The zero-order chi connectivity index (χ0) is 20.1. The summed E-state index contributed by atoms with van der Waals surface area (Å²) in [7, 11) is 0. The molecule has 0 unspecified atom stereocenters. The molecule has 0 saturated heterocycles. The topological polar surface area (TPSA) is 102 Å². The highest BCUT2D eigenvalue weighted by Crippen LogP contribution is 2.24. The number of carbonyl (C=O) groups excluding carboxylic acids is 2. The fourth-order valence-electron chi connectivity index (χ4n) is 2.70. The normalized spacial score (nSPS) is 10.5. The van der Waals surface area contributed by atoms with E-state index in [-0.39, 0.29) is 11.7 Å². The molecule has 8 heteroatoms. The van der Waals surface area contributed by atoms with Crippen molar-refractivity contribution in [2.24, 2.45) is 5.73 Å². The Morgan fingerprint density at radius 3 is 2.61 bits per heavy atom. The van der Waals surface area contributed by atoms with Gasteiger partial charge in [0.2, 0.25) is 5.91 Å². The predicted octanol–water partition coefficient (Wildman–Crippen LogP) is 3.71. The summed E-state index contributed by atoms with van der Waals surface area (Å²) in [5, 5.41) is 6.03. The highest BCUT2D eigenvalue weighted by Gasteiger charge is 2.11. The highest BCUT2D eigenvalue weighted by atomic mass is 32.2. The summed E-state index contributed by atoms with van der Waals surface area (Å²) in [6, 6.07) is 12.4. The number of nitrogens with zero attached hydrogens (tertiary/aromatic N) is 2. The first kappa shape index (κ1) is 19.5. The van der Waals surface area contributed by atoms with Gasteiger partial charge in [-0.2, -0.15) is 0 Å². The van der Waals surface area contributed by atoms with Crippen molar-refractivity contribution < 1.29 is 9.59 Å². The number of anilines is 2. The number of amides is 3. The number of carbonyl (C=O) groups is 2. The van der Waals surface area contributed by atoms with E-state index < -0.39 is 6.03 Å². The van der Waals surface area contributed by atoms with E-state index in [0.717, 1.165) is 22.0 Å². The van der Waals surface area contributed by atoms with Crippen LogP contribution < -0.4 is 16.4 Å². The van der Waals surface area contributed by atoms with Gasteiger partial charge in [-0.3, -0.25) is 9.36 Å². The summed E-state index contributed by atoms with van der Waals surface area (Å²) < 4.78 is 1.98. The molecule has 0 spiro atoms. The third-order valence-corrected chi connectivity index (χ3v) is 4.94. The van der Waals surface area contributed by atoms with E-state index in [0.29, 0.717) is 11.4 Å². The fourth-order valence-corrected chi connectivity index (χ4v) is 3.47. The fraction of sp³-hybridized carbons (Fsp3) is 0.150. The summed E-state index contributed by atoms with van der Waals surface area (Å²) in [6.07, 6.45) is 3.61. The molecule has 1 heterocycles. The molecule has 3 aromatic rings. The molecule has 28 heavy (non-hydrogen) atoms. The standard InChI is InChI=1S/C20H21N5O2S/c1-13-6-7-14(2)17(10-13)25-9-8-22-20(25)28-12-18(26)23-15-4-3-5-16(11-15)24-19(21)27/h3-11H,12H2,1-2H3,(H,23,26)(H3,21,24,27). The average Bonchev–Trinajstić information content (AvgIpc) is 3.10. The average molecular weight is 395 g/mol. The van der Waals surface area contributed by atoms with Crippen LogP contribution in [0.5, 0.6) is 0 Å². The summed E-state index contributed by atoms with van der Waals surface area (Å²) in [6.45, 7) is 4.09. The van der Waals surface area contributed by atoms with Crippen molar-refractivity contribution in [2.75, 3.05) is 16.4 Å². The van der Waals surface area contributed by atoms with Crippen molar-refractivity contribution in [3.8, 4) is 5.69 Å². The van der Waals surface area contributed by atoms with Crippen LogP contribution in [0.25, 0.3) is 5.69 Å². The van der Waals surface area contributed by atoms with Crippen molar-refractivity contribution in [2.45, 2.75) is 19.0 Å². The van der Waals surface area contributed by atoms with E-state index in [2.05, 4.69) is 33.8 Å². The number of primary amides is 1. The molecule has 2 aromatic carbocycles. The number of hydrogen-bond donors (Lipinski definition) is 3. The van der Waals surface area contributed by atoms with E-state index in [9.17, 15) is 9.59 Å². The van der Waals surface area contributed by atoms with Gasteiger partial charge >= 0.3 is 6.03 Å². The molecule has 0 bridgehead atoms. The zero-order valence-corrected chi connectivity index (χ0v) is 16.4. The van der Waals surface area contributed by atoms with Gasteiger partial charge in [-0.15, -0.1) is 0 Å². The Kier molecular flexibility index (Phi) is 6.00. The van der Waals surface area contributed by atoms with Crippen molar-refractivity contribution in [1.29, 1.82) is 0 Å². The molecule has 144 valence electrons. The first-order valence-electron chi connectivity index (χ1n) is 8.62. The number of urea groups is 1. The Balaban J connectivity index is 1.66. The molecule has 7 nitrogen and oxygen atoms in total. The summed E-state index contributed by atoms with van der Waals surface area (Å²) in [5.74, 6) is 0.0340. The van der Waals surface area contributed by atoms with Crippen molar-refractivity contribution >= 4 is 35.1 Å². The molecule has 3 amide bonds. The van der Waals surface area contributed by atoms with E-state index in [1.165, 1.54) is 11.8 Å². The number of benzene rings is 2. The monoisotopic (exact) mass is 395 g/mol. The lowest BCUT2D eigenvalue weighted by Crippen LogP contribution is -2.19. The molecule has 3 rings (SSSR count). The second-order valence-electron chi connectivity index (χ2n) is 6.28. The van der Waals surface area contributed by atoms with Crippen LogP contribution in [0.2, 0.25) is 0 Å². The Bertz CT molecular complexity index is 1020. The Labute approximate surface area is 167 Å². The largest absolute Gasteiger partial charge is 0.351 e. The van der Waals surface area contributed by atoms with E-state index >= 15 is 0 Å². The first-order valence-corrected chi connectivity index (χ1v) is 9.61. The lowest BCUT2D eigenvalue weighted by Gasteiger charge is -2.11. The maximum Gasteiger partial charge on any atom is 0.316 e. The number of imidazole rings is 1. The van der Waals surface area contributed by atoms with Gasteiger partial charge in [0.1, 0.15) is 0 Å². The van der Waals surface area contributed by atoms with Crippen LogP contribution in [0.4, 0.5) is 16.2 Å². The number of rotatable bonds is 6. The second-order valence-corrected chi connectivity index (χ2v) is 7.22.